The molecule has 0 saturated carbocycles. The molecule has 9 nitrogen and oxygen atoms in total. The first-order valence-electron chi connectivity index (χ1n) is 12.3. The van der Waals surface area contributed by atoms with Crippen molar-refractivity contribution in [2.45, 2.75) is 45.4 Å². The van der Waals surface area contributed by atoms with Gasteiger partial charge in [-0.15, -0.1) is 0 Å². The lowest BCUT2D eigenvalue weighted by atomic mass is 10.0. The Balaban J connectivity index is 2.34. The van der Waals surface area contributed by atoms with Crippen LogP contribution in [-0.4, -0.2) is 81.7 Å². The highest BCUT2D eigenvalue weighted by Gasteiger charge is 2.31. The van der Waals surface area contributed by atoms with Crippen molar-refractivity contribution in [3.05, 3.63) is 65.7 Å². The van der Waals surface area contributed by atoms with E-state index in [2.05, 4.69) is 5.32 Å². The first-order chi connectivity index (χ1) is 17.5. The number of hydrogen-bond acceptors (Lipinski definition) is 6. The SMILES string of the molecule is COc1ccc(CN(C(=O)CN(C)S(C)(=O)=O)[C@@H](Cc2ccccc2)C(=O)NCCCOC(C)C)cc1. The Kier molecular flexibility index (Phi) is 12.0. The number of sulfonamides is 1. The summed E-state index contributed by atoms with van der Waals surface area (Å²) in [6.45, 7) is 4.55. The molecule has 37 heavy (non-hydrogen) atoms. The number of amides is 2. The molecule has 2 amide bonds. The molecule has 2 aromatic carbocycles. The maximum Gasteiger partial charge on any atom is 0.243 e. The molecule has 10 heteroatoms. The lowest BCUT2D eigenvalue weighted by Crippen LogP contribution is -2.53. The van der Waals surface area contributed by atoms with E-state index in [-0.39, 0.29) is 31.5 Å². The number of hydrogen-bond donors (Lipinski definition) is 1. The highest BCUT2D eigenvalue weighted by molar-refractivity contribution is 7.88. The Hall–Kier alpha value is -2.95. The summed E-state index contributed by atoms with van der Waals surface area (Å²) in [5, 5.41) is 2.94. The molecular formula is C27H39N3O6S. The van der Waals surface area contributed by atoms with Crippen LogP contribution < -0.4 is 10.1 Å². The molecule has 0 aromatic heterocycles. The Morgan fingerprint density at radius 2 is 1.65 bits per heavy atom. The predicted molar refractivity (Wildman–Crippen MR) is 144 cm³/mol. The van der Waals surface area contributed by atoms with Gasteiger partial charge in [0.05, 0.1) is 26.0 Å². The van der Waals surface area contributed by atoms with Crippen LogP contribution in [0.4, 0.5) is 0 Å². The van der Waals surface area contributed by atoms with Crippen LogP contribution in [0.1, 0.15) is 31.4 Å². The third-order valence-electron chi connectivity index (χ3n) is 5.78. The van der Waals surface area contributed by atoms with Crippen molar-refractivity contribution in [1.29, 1.82) is 0 Å². The zero-order valence-electron chi connectivity index (χ0n) is 22.3. The largest absolute Gasteiger partial charge is 0.497 e. The first-order valence-corrected chi connectivity index (χ1v) is 14.1. The normalized spacial score (nSPS) is 12.4. The summed E-state index contributed by atoms with van der Waals surface area (Å²) in [5.41, 5.74) is 1.67. The highest BCUT2D eigenvalue weighted by atomic mass is 32.2. The molecular weight excluding hydrogens is 494 g/mol. The second kappa shape index (κ2) is 14.7. The van der Waals surface area contributed by atoms with E-state index in [1.54, 1.807) is 19.2 Å². The van der Waals surface area contributed by atoms with Gasteiger partial charge < -0.3 is 19.7 Å². The Labute approximate surface area is 220 Å². The standard InChI is InChI=1S/C27H39N3O6S/c1-21(2)36-17-9-16-28-27(32)25(18-22-10-7-6-8-11-22)30(26(31)20-29(3)37(5,33)34)19-23-12-14-24(35-4)15-13-23/h6-8,10-15,21,25H,9,16-20H2,1-5H3,(H,28,32)/t25-/m0/s1. The maximum atomic E-state index is 13.5. The monoisotopic (exact) mass is 533 g/mol. The molecule has 0 spiro atoms. The summed E-state index contributed by atoms with van der Waals surface area (Å²) in [6.07, 6.45) is 2.05. The van der Waals surface area contributed by atoms with E-state index in [0.717, 1.165) is 21.7 Å². The van der Waals surface area contributed by atoms with Crippen molar-refractivity contribution in [2.75, 3.05) is 40.1 Å². The Morgan fingerprint density at radius 3 is 2.22 bits per heavy atom. The molecule has 0 aliphatic carbocycles. The number of nitrogens with one attached hydrogen (secondary N) is 1. The minimum absolute atomic E-state index is 0.103. The molecule has 0 heterocycles. The van der Waals surface area contributed by atoms with Gasteiger partial charge in [0.2, 0.25) is 21.8 Å². The van der Waals surface area contributed by atoms with Crippen molar-refractivity contribution >= 4 is 21.8 Å². The van der Waals surface area contributed by atoms with Crippen LogP contribution in [0.2, 0.25) is 0 Å². The number of benzene rings is 2. The summed E-state index contributed by atoms with van der Waals surface area (Å²) >= 11 is 0. The average Bonchev–Trinajstić information content (AvgIpc) is 2.86. The Morgan fingerprint density at radius 1 is 1.00 bits per heavy atom. The molecule has 204 valence electrons. The number of rotatable bonds is 15. The van der Waals surface area contributed by atoms with Gasteiger partial charge >= 0.3 is 0 Å². The summed E-state index contributed by atoms with van der Waals surface area (Å²) < 4.78 is 35.8. The van der Waals surface area contributed by atoms with Crippen molar-refractivity contribution < 1.29 is 27.5 Å². The summed E-state index contributed by atoms with van der Waals surface area (Å²) in [4.78, 5) is 28.4. The van der Waals surface area contributed by atoms with Crippen molar-refractivity contribution in [2.24, 2.45) is 0 Å². The number of carbonyl (C=O) groups is 2. The summed E-state index contributed by atoms with van der Waals surface area (Å²) in [6, 6.07) is 15.8. The van der Waals surface area contributed by atoms with Crippen LogP contribution >= 0.6 is 0 Å². The molecule has 0 aliphatic heterocycles. The molecule has 0 saturated heterocycles. The van der Waals surface area contributed by atoms with E-state index < -0.39 is 22.0 Å². The van der Waals surface area contributed by atoms with E-state index in [0.29, 0.717) is 25.3 Å². The number of likely N-dealkylation sites (N-methyl/N-ethyl adjacent to an activating group) is 1. The van der Waals surface area contributed by atoms with E-state index >= 15 is 0 Å². The van der Waals surface area contributed by atoms with Crippen LogP contribution in [0.25, 0.3) is 0 Å². The predicted octanol–water partition coefficient (Wildman–Crippen LogP) is 2.46. The third kappa shape index (κ3) is 10.5. The fourth-order valence-electron chi connectivity index (χ4n) is 3.60. The molecule has 2 rings (SSSR count). The smallest absolute Gasteiger partial charge is 0.243 e. The molecule has 0 radical (unpaired) electrons. The van der Waals surface area contributed by atoms with Crippen LogP contribution in [0.3, 0.4) is 0 Å². The van der Waals surface area contributed by atoms with Crippen LogP contribution in [0.15, 0.2) is 54.6 Å². The third-order valence-corrected chi connectivity index (χ3v) is 7.04. The van der Waals surface area contributed by atoms with Crippen molar-refractivity contribution in [3.8, 4) is 5.75 Å². The molecule has 0 aliphatic rings. The first kappa shape index (κ1) is 30.3. The van der Waals surface area contributed by atoms with Gasteiger partial charge in [-0.1, -0.05) is 42.5 Å². The summed E-state index contributed by atoms with van der Waals surface area (Å²) in [5.74, 6) is -0.110. The number of carbonyl (C=O) groups excluding carboxylic acids is 2. The Bertz CT molecular complexity index is 1090. The average molecular weight is 534 g/mol. The van der Waals surface area contributed by atoms with Gasteiger partial charge in [0.25, 0.3) is 0 Å². The van der Waals surface area contributed by atoms with Gasteiger partial charge in [-0.2, -0.15) is 4.31 Å². The zero-order valence-corrected chi connectivity index (χ0v) is 23.2. The quantitative estimate of drug-likeness (QED) is 0.353. The molecule has 1 atom stereocenters. The van der Waals surface area contributed by atoms with Gasteiger partial charge in [0.1, 0.15) is 11.8 Å². The minimum Gasteiger partial charge on any atom is -0.497 e. The zero-order chi connectivity index (χ0) is 27.4. The van der Waals surface area contributed by atoms with E-state index in [1.165, 1.54) is 11.9 Å². The fraction of sp³-hybridized carbons (Fsp3) is 0.481. The van der Waals surface area contributed by atoms with Gasteiger partial charge in [0, 0.05) is 33.2 Å². The topological polar surface area (TPSA) is 105 Å². The van der Waals surface area contributed by atoms with Gasteiger partial charge in [-0.05, 0) is 43.5 Å². The van der Waals surface area contributed by atoms with Crippen LogP contribution in [0, 0.1) is 0 Å². The molecule has 1 N–H and O–H groups in total. The number of ether oxygens (including phenoxy) is 2. The van der Waals surface area contributed by atoms with Crippen molar-refractivity contribution in [3.63, 3.8) is 0 Å². The van der Waals surface area contributed by atoms with E-state index in [9.17, 15) is 18.0 Å². The van der Waals surface area contributed by atoms with Gasteiger partial charge in [0.15, 0.2) is 0 Å². The van der Waals surface area contributed by atoms with Crippen LogP contribution in [-0.2, 0) is 37.3 Å². The number of methoxy groups -OCH3 is 1. The maximum absolute atomic E-state index is 13.5. The van der Waals surface area contributed by atoms with Crippen molar-refractivity contribution in [1.82, 2.24) is 14.5 Å². The lowest BCUT2D eigenvalue weighted by molar-refractivity contribution is -0.141. The van der Waals surface area contributed by atoms with Gasteiger partial charge in [-0.3, -0.25) is 9.59 Å². The molecule has 0 bridgehead atoms. The molecule has 0 unspecified atom stereocenters. The highest BCUT2D eigenvalue weighted by Crippen LogP contribution is 2.18. The fourth-order valence-corrected chi connectivity index (χ4v) is 3.95. The van der Waals surface area contributed by atoms with Crippen LogP contribution in [0.5, 0.6) is 5.75 Å². The van der Waals surface area contributed by atoms with E-state index in [4.69, 9.17) is 9.47 Å². The second-order valence-electron chi connectivity index (χ2n) is 9.16. The second-order valence-corrected chi connectivity index (χ2v) is 11.2. The molecule has 0 fully saturated rings. The molecule has 2 aromatic rings. The number of nitrogens with zero attached hydrogens (tertiary/aromatic N) is 2. The van der Waals surface area contributed by atoms with E-state index in [1.807, 2.05) is 56.3 Å². The lowest BCUT2D eigenvalue weighted by Gasteiger charge is -2.32. The minimum atomic E-state index is -3.59. The summed E-state index contributed by atoms with van der Waals surface area (Å²) in [7, 11) is -0.676. The van der Waals surface area contributed by atoms with Gasteiger partial charge in [-0.25, -0.2) is 8.42 Å².